The summed E-state index contributed by atoms with van der Waals surface area (Å²) in [6.45, 7) is 0. The lowest BCUT2D eigenvalue weighted by molar-refractivity contribution is 0.514. The smallest absolute Gasteiger partial charge is 0.158 e. The van der Waals surface area contributed by atoms with Gasteiger partial charge in [0.25, 0.3) is 0 Å². The van der Waals surface area contributed by atoms with Crippen molar-refractivity contribution < 1.29 is 17.6 Å². The first-order valence-electron chi connectivity index (χ1n) is 7.48. The van der Waals surface area contributed by atoms with E-state index in [1.807, 2.05) is 24.3 Å². The standard InChI is InChI=1S/C18H14F4Si2/c19-13-3-1-5-15(17(13)21)23-11-7-9-12(10-8-11)24-16-6-2-4-14(20)18(16)22/h1-10H,23-24H2. The van der Waals surface area contributed by atoms with Gasteiger partial charge in [-0.25, -0.2) is 17.6 Å². The first-order valence-corrected chi connectivity index (χ1v) is 10.3. The Balaban J connectivity index is 1.76. The second kappa shape index (κ2) is 7.15. The largest absolute Gasteiger partial charge is 0.204 e. The van der Waals surface area contributed by atoms with Gasteiger partial charge in [0.15, 0.2) is 23.3 Å². The topological polar surface area (TPSA) is 0 Å². The molecule has 0 nitrogen and oxygen atoms in total. The molecule has 3 aromatic carbocycles. The minimum Gasteiger partial charge on any atom is -0.204 e. The van der Waals surface area contributed by atoms with Gasteiger partial charge in [-0.15, -0.1) is 0 Å². The molecule has 0 amide bonds. The Hall–Kier alpha value is -2.19. The zero-order valence-corrected chi connectivity index (χ0v) is 15.5. The van der Waals surface area contributed by atoms with Crippen molar-refractivity contribution in [3.05, 3.63) is 83.9 Å². The van der Waals surface area contributed by atoms with Crippen molar-refractivity contribution >= 4 is 39.8 Å². The fourth-order valence-electron chi connectivity index (χ4n) is 2.58. The van der Waals surface area contributed by atoms with E-state index in [1.165, 1.54) is 12.1 Å². The molecule has 0 unspecified atom stereocenters. The Bertz CT molecular complexity index is 791. The molecule has 6 heteroatoms. The van der Waals surface area contributed by atoms with E-state index in [2.05, 4.69) is 0 Å². The average molecular weight is 362 g/mol. The van der Waals surface area contributed by atoms with Crippen molar-refractivity contribution in [3.8, 4) is 0 Å². The second-order valence-corrected chi connectivity index (χ2v) is 9.46. The highest BCUT2D eigenvalue weighted by Gasteiger charge is 2.10. The molecule has 24 heavy (non-hydrogen) atoms. The molecule has 0 spiro atoms. The summed E-state index contributed by atoms with van der Waals surface area (Å²) in [5.41, 5.74) is 0. The monoisotopic (exact) mass is 362 g/mol. The van der Waals surface area contributed by atoms with Crippen molar-refractivity contribution in [1.29, 1.82) is 0 Å². The van der Waals surface area contributed by atoms with Crippen molar-refractivity contribution in [3.63, 3.8) is 0 Å². The molecule has 0 aliphatic carbocycles. The van der Waals surface area contributed by atoms with E-state index in [0.29, 0.717) is 10.4 Å². The predicted octanol–water partition coefficient (Wildman–Crippen LogP) is 0.482. The van der Waals surface area contributed by atoms with E-state index >= 15 is 0 Å². The van der Waals surface area contributed by atoms with Crippen LogP contribution in [0.5, 0.6) is 0 Å². The number of hydrogen-bond donors (Lipinski definition) is 0. The van der Waals surface area contributed by atoms with Crippen LogP contribution in [0.1, 0.15) is 0 Å². The van der Waals surface area contributed by atoms with Gasteiger partial charge >= 0.3 is 0 Å². The lowest BCUT2D eigenvalue weighted by Crippen LogP contribution is -2.34. The van der Waals surface area contributed by atoms with Crippen LogP contribution in [0.3, 0.4) is 0 Å². The fourth-order valence-corrected chi connectivity index (χ4v) is 5.56. The maximum Gasteiger partial charge on any atom is 0.158 e. The van der Waals surface area contributed by atoms with Gasteiger partial charge in [0.2, 0.25) is 0 Å². The molecule has 0 aliphatic heterocycles. The van der Waals surface area contributed by atoms with Gasteiger partial charge in [0.1, 0.15) is 0 Å². The van der Waals surface area contributed by atoms with Crippen LogP contribution >= 0.6 is 0 Å². The van der Waals surface area contributed by atoms with E-state index in [1.54, 1.807) is 12.1 Å². The Kier molecular flexibility index (Phi) is 4.96. The zero-order valence-electron chi connectivity index (χ0n) is 12.7. The molecule has 0 radical (unpaired) electrons. The van der Waals surface area contributed by atoms with Gasteiger partial charge in [-0.1, -0.05) is 58.9 Å². The first-order chi connectivity index (χ1) is 11.5. The molecular weight excluding hydrogens is 348 g/mol. The number of rotatable bonds is 4. The van der Waals surface area contributed by atoms with Gasteiger partial charge in [-0.3, -0.25) is 0 Å². The molecule has 0 N–H and O–H groups in total. The minimum atomic E-state index is -1.12. The molecule has 122 valence electrons. The van der Waals surface area contributed by atoms with Crippen molar-refractivity contribution in [1.82, 2.24) is 0 Å². The Morgan fingerprint density at radius 3 is 1.25 bits per heavy atom. The molecule has 0 aromatic heterocycles. The summed E-state index contributed by atoms with van der Waals surface area (Å²) in [4.78, 5) is 0. The first kappa shape index (κ1) is 16.7. The average Bonchev–Trinajstić information content (AvgIpc) is 2.58. The van der Waals surface area contributed by atoms with Gasteiger partial charge in [0, 0.05) is 0 Å². The third kappa shape index (κ3) is 3.65. The Morgan fingerprint density at radius 1 is 0.500 bits per heavy atom. The summed E-state index contributed by atoms with van der Waals surface area (Å²) in [5, 5.41) is 2.79. The van der Waals surface area contributed by atoms with E-state index in [9.17, 15) is 17.6 Å². The second-order valence-electron chi connectivity index (χ2n) is 5.60. The summed E-state index contributed by atoms with van der Waals surface area (Å²) in [6.07, 6.45) is 0. The molecule has 0 atom stereocenters. The highest BCUT2D eigenvalue weighted by atomic mass is 28.2. The van der Waals surface area contributed by atoms with Crippen LogP contribution in [0.15, 0.2) is 60.7 Å². The quantitative estimate of drug-likeness (QED) is 0.468. The van der Waals surface area contributed by atoms with Crippen LogP contribution < -0.4 is 20.7 Å². The van der Waals surface area contributed by atoms with Gasteiger partial charge in [-0.2, -0.15) is 0 Å². The highest BCUT2D eigenvalue weighted by molar-refractivity contribution is 6.69. The number of benzene rings is 3. The summed E-state index contributed by atoms with van der Waals surface area (Å²) in [7, 11) is -2.24. The summed E-state index contributed by atoms with van der Waals surface area (Å²) in [6, 6.07) is 15.9. The number of hydrogen-bond acceptors (Lipinski definition) is 0. The summed E-state index contributed by atoms with van der Waals surface area (Å²) < 4.78 is 53.9. The van der Waals surface area contributed by atoms with Crippen LogP contribution in [0.2, 0.25) is 0 Å². The lowest BCUT2D eigenvalue weighted by atomic mass is 10.3. The van der Waals surface area contributed by atoms with E-state index < -0.39 is 42.3 Å². The van der Waals surface area contributed by atoms with Gasteiger partial charge in [-0.05, 0) is 22.5 Å². The van der Waals surface area contributed by atoms with Gasteiger partial charge < -0.3 is 0 Å². The van der Waals surface area contributed by atoms with E-state index in [-0.39, 0.29) is 0 Å². The molecule has 0 heterocycles. The molecule has 3 aromatic rings. The lowest BCUT2D eigenvalue weighted by Gasteiger charge is -2.06. The maximum absolute atomic E-state index is 13.7. The van der Waals surface area contributed by atoms with Crippen LogP contribution in [-0.4, -0.2) is 19.0 Å². The molecule has 0 aliphatic rings. The van der Waals surface area contributed by atoms with Crippen molar-refractivity contribution in [2.24, 2.45) is 0 Å². The molecule has 0 saturated heterocycles. The van der Waals surface area contributed by atoms with Crippen molar-refractivity contribution in [2.75, 3.05) is 0 Å². The Morgan fingerprint density at radius 2 is 0.875 bits per heavy atom. The molecule has 0 saturated carbocycles. The maximum atomic E-state index is 13.7. The molecular formula is C18H14F4Si2. The van der Waals surface area contributed by atoms with Crippen LogP contribution in [0.25, 0.3) is 0 Å². The van der Waals surface area contributed by atoms with Crippen LogP contribution in [0.4, 0.5) is 17.6 Å². The minimum absolute atomic E-state index is 0.427. The molecule has 0 fully saturated rings. The summed E-state index contributed by atoms with van der Waals surface area (Å²) in [5.74, 6) is -3.20. The fraction of sp³-hybridized carbons (Fsp3) is 0. The van der Waals surface area contributed by atoms with Gasteiger partial charge in [0.05, 0.1) is 19.0 Å². The van der Waals surface area contributed by atoms with Crippen LogP contribution in [0, 0.1) is 23.3 Å². The van der Waals surface area contributed by atoms with Crippen LogP contribution in [-0.2, 0) is 0 Å². The normalized spacial score (nSPS) is 11.8. The SMILES string of the molecule is Fc1cccc([SiH2]c2ccc([SiH2]c3cccc(F)c3F)cc2)c1F. The molecule has 3 rings (SSSR count). The summed E-state index contributed by atoms with van der Waals surface area (Å²) >= 11 is 0. The third-order valence-corrected chi connectivity index (χ3v) is 7.49. The third-order valence-electron chi connectivity index (χ3n) is 3.88. The molecule has 0 bridgehead atoms. The number of halogens is 4. The Labute approximate surface area is 141 Å². The van der Waals surface area contributed by atoms with Crippen molar-refractivity contribution in [2.45, 2.75) is 0 Å². The predicted molar refractivity (Wildman–Crippen MR) is 94.8 cm³/mol. The highest BCUT2D eigenvalue weighted by Crippen LogP contribution is 2.01. The van der Waals surface area contributed by atoms with E-state index in [4.69, 9.17) is 0 Å². The van der Waals surface area contributed by atoms with E-state index in [0.717, 1.165) is 22.5 Å². The zero-order chi connectivity index (χ0) is 17.1.